The van der Waals surface area contributed by atoms with Gasteiger partial charge in [0.2, 0.25) is 11.8 Å². The maximum Gasteiger partial charge on any atom is 0.254 e. The van der Waals surface area contributed by atoms with Crippen molar-refractivity contribution in [2.24, 2.45) is 5.73 Å². The van der Waals surface area contributed by atoms with Crippen molar-refractivity contribution in [1.82, 2.24) is 9.80 Å². The van der Waals surface area contributed by atoms with Crippen LogP contribution in [-0.2, 0) is 11.3 Å². The minimum Gasteiger partial charge on any atom is -0.366 e. The van der Waals surface area contributed by atoms with Gasteiger partial charge in [0.25, 0.3) is 5.91 Å². The molecule has 0 atom stereocenters. The second-order valence-electron chi connectivity index (χ2n) is 6.82. The first kappa shape index (κ1) is 17.0. The highest BCUT2D eigenvalue weighted by Gasteiger charge is 2.40. The molecule has 1 fully saturated rings. The van der Waals surface area contributed by atoms with Crippen LogP contribution >= 0.6 is 0 Å². The van der Waals surface area contributed by atoms with Crippen LogP contribution in [0.2, 0.25) is 0 Å². The first-order valence-electron chi connectivity index (χ1n) is 8.74. The molecule has 6 heteroatoms. The summed E-state index contributed by atoms with van der Waals surface area (Å²) in [6.07, 6.45) is 1.29. The largest absolute Gasteiger partial charge is 0.366 e. The summed E-state index contributed by atoms with van der Waals surface area (Å²) in [6.45, 7) is 5.08. The minimum absolute atomic E-state index is 0.0233. The van der Waals surface area contributed by atoms with Gasteiger partial charge >= 0.3 is 0 Å². The Bertz CT molecular complexity index is 976. The van der Waals surface area contributed by atoms with E-state index in [2.05, 4.69) is 6.58 Å². The standard InChI is InChI=1S/C21H19N3O3/c1-2-19(25)23-11-15(12-23)24-10-14-8-7-13(9-18(14)21(24)27)16-5-3-4-6-17(16)20(22)26/h2-9,15H,1,10-12H2,(H2,22,26). The van der Waals surface area contributed by atoms with Gasteiger partial charge in [0.15, 0.2) is 0 Å². The molecule has 0 bridgehead atoms. The summed E-state index contributed by atoms with van der Waals surface area (Å²) >= 11 is 0. The monoisotopic (exact) mass is 361 g/mol. The van der Waals surface area contributed by atoms with Gasteiger partial charge in [-0.25, -0.2) is 0 Å². The third kappa shape index (κ3) is 2.79. The molecular weight excluding hydrogens is 342 g/mol. The molecule has 2 N–H and O–H groups in total. The molecule has 0 saturated carbocycles. The quantitative estimate of drug-likeness (QED) is 0.843. The number of rotatable bonds is 4. The molecule has 6 nitrogen and oxygen atoms in total. The molecule has 0 radical (unpaired) electrons. The van der Waals surface area contributed by atoms with Gasteiger partial charge in [-0.1, -0.05) is 36.9 Å². The molecule has 1 saturated heterocycles. The van der Waals surface area contributed by atoms with Gasteiger partial charge in [0.05, 0.1) is 6.04 Å². The number of amides is 3. The Morgan fingerprint density at radius 3 is 2.56 bits per heavy atom. The highest BCUT2D eigenvalue weighted by Crippen LogP contribution is 2.32. The number of benzene rings is 2. The maximum absolute atomic E-state index is 12.9. The lowest BCUT2D eigenvalue weighted by Crippen LogP contribution is -2.60. The molecule has 0 aliphatic carbocycles. The summed E-state index contributed by atoms with van der Waals surface area (Å²) < 4.78 is 0. The zero-order valence-electron chi connectivity index (χ0n) is 14.7. The number of nitrogens with zero attached hydrogens (tertiary/aromatic N) is 2. The van der Waals surface area contributed by atoms with E-state index in [1.54, 1.807) is 21.9 Å². The maximum atomic E-state index is 12.9. The number of likely N-dealkylation sites (tertiary alicyclic amines) is 1. The molecule has 3 amide bonds. The van der Waals surface area contributed by atoms with Crippen LogP contribution in [0.3, 0.4) is 0 Å². The van der Waals surface area contributed by atoms with E-state index in [1.165, 1.54) is 6.08 Å². The van der Waals surface area contributed by atoms with E-state index < -0.39 is 5.91 Å². The Morgan fingerprint density at radius 2 is 1.85 bits per heavy atom. The normalized spacial score (nSPS) is 16.1. The van der Waals surface area contributed by atoms with Gasteiger partial charge < -0.3 is 15.5 Å². The third-order valence-corrected chi connectivity index (χ3v) is 5.23. The lowest BCUT2D eigenvalue weighted by molar-refractivity contribution is -0.132. The number of nitrogens with two attached hydrogens (primary N) is 1. The number of carbonyl (C=O) groups is 3. The van der Waals surface area contributed by atoms with Crippen LogP contribution in [0.25, 0.3) is 11.1 Å². The minimum atomic E-state index is -0.500. The first-order valence-corrected chi connectivity index (χ1v) is 8.74. The van der Waals surface area contributed by atoms with Gasteiger partial charge in [-0.2, -0.15) is 0 Å². The molecule has 0 aromatic heterocycles. The lowest BCUT2D eigenvalue weighted by atomic mass is 9.96. The molecule has 2 heterocycles. The van der Waals surface area contributed by atoms with Crippen LogP contribution < -0.4 is 5.73 Å². The molecule has 2 aliphatic heterocycles. The fourth-order valence-corrected chi connectivity index (χ4v) is 3.70. The highest BCUT2D eigenvalue weighted by atomic mass is 16.2. The number of primary amides is 1. The fourth-order valence-electron chi connectivity index (χ4n) is 3.70. The van der Waals surface area contributed by atoms with Gasteiger partial charge in [-0.15, -0.1) is 0 Å². The van der Waals surface area contributed by atoms with Crippen molar-refractivity contribution in [2.45, 2.75) is 12.6 Å². The van der Waals surface area contributed by atoms with E-state index in [9.17, 15) is 14.4 Å². The zero-order valence-corrected chi connectivity index (χ0v) is 14.7. The summed E-state index contributed by atoms with van der Waals surface area (Å²) in [5.74, 6) is -0.652. The molecule has 2 aliphatic rings. The van der Waals surface area contributed by atoms with Crippen LogP contribution in [0, 0.1) is 0 Å². The van der Waals surface area contributed by atoms with E-state index in [4.69, 9.17) is 5.73 Å². The Hall–Kier alpha value is -3.41. The summed E-state index contributed by atoms with van der Waals surface area (Å²) in [4.78, 5) is 39.7. The smallest absolute Gasteiger partial charge is 0.254 e. The van der Waals surface area contributed by atoms with E-state index in [0.717, 1.165) is 11.1 Å². The molecular formula is C21H19N3O3. The SMILES string of the molecule is C=CC(=O)N1CC(N2Cc3ccc(-c4ccccc4C(N)=O)cc3C2=O)C1. The van der Waals surface area contributed by atoms with Crippen molar-refractivity contribution >= 4 is 17.7 Å². The molecule has 2 aromatic carbocycles. The van der Waals surface area contributed by atoms with Crippen molar-refractivity contribution in [3.8, 4) is 11.1 Å². The number of carbonyl (C=O) groups excluding carboxylic acids is 3. The van der Waals surface area contributed by atoms with Crippen molar-refractivity contribution in [3.05, 3.63) is 71.8 Å². The van der Waals surface area contributed by atoms with Crippen molar-refractivity contribution in [3.63, 3.8) is 0 Å². The van der Waals surface area contributed by atoms with Crippen molar-refractivity contribution in [2.75, 3.05) is 13.1 Å². The van der Waals surface area contributed by atoms with Crippen LogP contribution in [0.1, 0.15) is 26.3 Å². The number of hydrogen-bond donors (Lipinski definition) is 1. The summed E-state index contributed by atoms with van der Waals surface area (Å²) in [5.41, 5.74) is 9.00. The molecule has 27 heavy (non-hydrogen) atoms. The van der Waals surface area contributed by atoms with E-state index in [-0.39, 0.29) is 17.9 Å². The average molecular weight is 361 g/mol. The summed E-state index contributed by atoms with van der Waals surface area (Å²) in [6, 6.07) is 12.8. The van der Waals surface area contributed by atoms with E-state index in [0.29, 0.717) is 36.3 Å². The lowest BCUT2D eigenvalue weighted by Gasteiger charge is -2.43. The Kier molecular flexibility index (Phi) is 4.03. The van der Waals surface area contributed by atoms with Gasteiger partial charge in [0.1, 0.15) is 0 Å². The average Bonchev–Trinajstić information content (AvgIpc) is 2.96. The Balaban J connectivity index is 1.59. The van der Waals surface area contributed by atoms with Crippen LogP contribution in [-0.4, -0.2) is 46.7 Å². The molecule has 136 valence electrons. The predicted octanol–water partition coefficient (Wildman–Crippen LogP) is 1.81. The topological polar surface area (TPSA) is 83.7 Å². The zero-order chi connectivity index (χ0) is 19.1. The van der Waals surface area contributed by atoms with Gasteiger partial charge in [0, 0.05) is 30.8 Å². The van der Waals surface area contributed by atoms with E-state index in [1.807, 2.05) is 30.3 Å². The first-order chi connectivity index (χ1) is 13.0. The molecule has 4 rings (SSSR count). The van der Waals surface area contributed by atoms with Crippen molar-refractivity contribution in [1.29, 1.82) is 0 Å². The third-order valence-electron chi connectivity index (χ3n) is 5.23. The summed E-state index contributed by atoms with van der Waals surface area (Å²) in [5, 5.41) is 0. The predicted molar refractivity (Wildman–Crippen MR) is 101 cm³/mol. The second-order valence-corrected chi connectivity index (χ2v) is 6.82. The molecule has 0 unspecified atom stereocenters. The Labute approximate surface area is 156 Å². The number of fused-ring (bicyclic) bond motifs is 1. The van der Waals surface area contributed by atoms with Crippen molar-refractivity contribution < 1.29 is 14.4 Å². The highest BCUT2D eigenvalue weighted by molar-refractivity contribution is 6.03. The van der Waals surface area contributed by atoms with Crippen LogP contribution in [0.15, 0.2) is 55.1 Å². The van der Waals surface area contributed by atoms with E-state index >= 15 is 0 Å². The van der Waals surface area contributed by atoms with Gasteiger partial charge in [-0.3, -0.25) is 14.4 Å². The van der Waals surface area contributed by atoms with Gasteiger partial charge in [-0.05, 0) is 34.9 Å². The number of hydrogen-bond acceptors (Lipinski definition) is 3. The summed E-state index contributed by atoms with van der Waals surface area (Å²) in [7, 11) is 0. The molecule has 2 aromatic rings. The second kappa shape index (κ2) is 6.39. The Morgan fingerprint density at radius 1 is 1.11 bits per heavy atom. The van der Waals surface area contributed by atoms with Crippen LogP contribution in [0.5, 0.6) is 0 Å². The molecule has 0 spiro atoms. The van der Waals surface area contributed by atoms with Crippen LogP contribution in [0.4, 0.5) is 0 Å². The fraction of sp³-hybridized carbons (Fsp3) is 0.190.